The minimum absolute atomic E-state index is 0.0973. The van der Waals surface area contributed by atoms with Crippen LogP contribution in [0.5, 0.6) is 0 Å². The van der Waals surface area contributed by atoms with Crippen molar-refractivity contribution in [3.63, 3.8) is 0 Å². The molecule has 2 rings (SSSR count). The predicted octanol–water partition coefficient (Wildman–Crippen LogP) is 1.65. The molecule has 0 bridgehead atoms. The van der Waals surface area contributed by atoms with E-state index in [1.165, 1.54) is 12.8 Å². The van der Waals surface area contributed by atoms with Crippen molar-refractivity contribution in [1.82, 2.24) is 5.32 Å². The molecule has 0 spiro atoms. The number of nitrogens with two attached hydrogens (primary N) is 1. The van der Waals surface area contributed by atoms with Crippen LogP contribution in [0.2, 0.25) is 0 Å². The molecule has 0 aromatic carbocycles. The molecular formula is C13H25N3O. The molecule has 2 aliphatic carbocycles. The van der Waals surface area contributed by atoms with E-state index in [1.54, 1.807) is 0 Å². The molecule has 2 saturated carbocycles. The maximum atomic E-state index is 5.89. The van der Waals surface area contributed by atoms with Crippen LogP contribution in [0.1, 0.15) is 47.0 Å². The molecular weight excluding hydrogens is 214 g/mol. The molecule has 0 aromatic rings. The Balaban J connectivity index is 1.87. The molecule has 4 heteroatoms. The molecule has 0 aliphatic heterocycles. The Kier molecular flexibility index (Phi) is 3.34. The number of rotatable bonds is 4. The van der Waals surface area contributed by atoms with Gasteiger partial charge in [0, 0.05) is 11.5 Å². The lowest BCUT2D eigenvalue weighted by Crippen LogP contribution is -2.55. The van der Waals surface area contributed by atoms with Gasteiger partial charge in [0.25, 0.3) is 0 Å². The molecule has 0 heterocycles. The quantitative estimate of drug-likeness (QED) is 0.579. The standard InChI is InChI=1S/C13H25N3O/c1-8(2)17-11-7-10(13(11,3)4)16-12(14)15-9-5-6-9/h8-11H,5-7H2,1-4H3,(H3,14,15,16). The normalized spacial score (nSPS) is 32.4. The maximum Gasteiger partial charge on any atom is 0.189 e. The van der Waals surface area contributed by atoms with Gasteiger partial charge in [-0.1, -0.05) is 13.8 Å². The van der Waals surface area contributed by atoms with Gasteiger partial charge in [-0.25, -0.2) is 4.99 Å². The van der Waals surface area contributed by atoms with Crippen molar-refractivity contribution in [1.29, 1.82) is 0 Å². The molecule has 2 aliphatic rings. The highest BCUT2D eigenvalue weighted by atomic mass is 16.5. The highest BCUT2D eigenvalue weighted by Crippen LogP contribution is 2.45. The van der Waals surface area contributed by atoms with Crippen molar-refractivity contribution in [3.05, 3.63) is 0 Å². The molecule has 2 atom stereocenters. The number of guanidine groups is 1. The van der Waals surface area contributed by atoms with Gasteiger partial charge in [0.15, 0.2) is 5.96 Å². The van der Waals surface area contributed by atoms with Crippen molar-refractivity contribution in [3.8, 4) is 0 Å². The Morgan fingerprint density at radius 3 is 2.53 bits per heavy atom. The van der Waals surface area contributed by atoms with Crippen LogP contribution in [0.15, 0.2) is 4.99 Å². The summed E-state index contributed by atoms with van der Waals surface area (Å²) in [5.74, 6) is 0.605. The van der Waals surface area contributed by atoms with Crippen LogP contribution in [0, 0.1) is 5.41 Å². The number of nitrogens with one attached hydrogen (secondary N) is 1. The number of ether oxygens (including phenoxy) is 1. The van der Waals surface area contributed by atoms with E-state index < -0.39 is 0 Å². The van der Waals surface area contributed by atoms with Crippen molar-refractivity contribution in [2.24, 2.45) is 16.1 Å². The summed E-state index contributed by atoms with van der Waals surface area (Å²) in [6, 6.07) is 0.863. The minimum Gasteiger partial charge on any atom is -0.375 e. The molecule has 2 fully saturated rings. The van der Waals surface area contributed by atoms with Crippen LogP contribution in [-0.2, 0) is 4.74 Å². The lowest BCUT2D eigenvalue weighted by atomic mass is 9.64. The van der Waals surface area contributed by atoms with Crippen LogP contribution < -0.4 is 11.1 Å². The number of hydrogen-bond acceptors (Lipinski definition) is 2. The highest BCUT2D eigenvalue weighted by molar-refractivity contribution is 5.78. The number of aliphatic imine (C=N–C) groups is 1. The molecule has 3 N–H and O–H groups in total. The smallest absolute Gasteiger partial charge is 0.189 e. The van der Waals surface area contributed by atoms with Gasteiger partial charge in [0.05, 0.1) is 18.2 Å². The van der Waals surface area contributed by atoms with E-state index in [0.717, 1.165) is 6.42 Å². The van der Waals surface area contributed by atoms with Crippen molar-refractivity contribution in [2.45, 2.75) is 71.2 Å². The van der Waals surface area contributed by atoms with E-state index in [-0.39, 0.29) is 17.6 Å². The van der Waals surface area contributed by atoms with E-state index in [1.807, 2.05) is 0 Å². The average Bonchev–Trinajstić information content (AvgIpc) is 2.99. The van der Waals surface area contributed by atoms with Crippen molar-refractivity contribution < 1.29 is 4.74 Å². The van der Waals surface area contributed by atoms with Gasteiger partial charge in [0.2, 0.25) is 0 Å². The number of hydrogen-bond donors (Lipinski definition) is 2. The molecule has 4 nitrogen and oxygen atoms in total. The summed E-state index contributed by atoms with van der Waals surface area (Å²) in [6.45, 7) is 8.58. The summed E-state index contributed by atoms with van der Waals surface area (Å²) in [7, 11) is 0. The van der Waals surface area contributed by atoms with Crippen molar-refractivity contribution >= 4 is 5.96 Å². The Bertz CT molecular complexity index is 308. The third kappa shape index (κ3) is 2.92. The summed E-state index contributed by atoms with van der Waals surface area (Å²) >= 11 is 0. The first kappa shape index (κ1) is 12.7. The van der Waals surface area contributed by atoms with Gasteiger partial charge in [-0.15, -0.1) is 0 Å². The van der Waals surface area contributed by atoms with Gasteiger partial charge >= 0.3 is 0 Å². The van der Waals surface area contributed by atoms with Gasteiger partial charge < -0.3 is 15.8 Å². The zero-order valence-electron chi connectivity index (χ0n) is 11.4. The highest BCUT2D eigenvalue weighted by Gasteiger charge is 2.49. The van der Waals surface area contributed by atoms with E-state index >= 15 is 0 Å². The Hall–Kier alpha value is -0.770. The van der Waals surface area contributed by atoms with E-state index in [9.17, 15) is 0 Å². The molecule has 98 valence electrons. The summed E-state index contributed by atoms with van der Waals surface area (Å²) < 4.78 is 5.88. The van der Waals surface area contributed by atoms with Gasteiger partial charge in [-0.05, 0) is 33.1 Å². The summed E-state index contributed by atoms with van der Waals surface area (Å²) in [6.07, 6.45) is 4.03. The lowest BCUT2D eigenvalue weighted by molar-refractivity contribution is -0.129. The fraction of sp³-hybridized carbons (Fsp3) is 0.923. The zero-order chi connectivity index (χ0) is 12.6. The van der Waals surface area contributed by atoms with Crippen LogP contribution >= 0.6 is 0 Å². The zero-order valence-corrected chi connectivity index (χ0v) is 11.4. The molecule has 0 radical (unpaired) electrons. The van der Waals surface area contributed by atoms with E-state index in [2.05, 4.69) is 38.0 Å². The second-order valence-corrected chi connectivity index (χ2v) is 6.18. The van der Waals surface area contributed by atoms with E-state index in [0.29, 0.717) is 18.1 Å². The second-order valence-electron chi connectivity index (χ2n) is 6.18. The molecule has 17 heavy (non-hydrogen) atoms. The second kappa shape index (κ2) is 4.48. The first-order chi connectivity index (χ1) is 7.89. The molecule has 2 unspecified atom stereocenters. The third-order valence-corrected chi connectivity index (χ3v) is 3.79. The third-order valence-electron chi connectivity index (χ3n) is 3.79. The Labute approximate surface area is 104 Å². The van der Waals surface area contributed by atoms with E-state index in [4.69, 9.17) is 10.5 Å². The Morgan fingerprint density at radius 1 is 1.41 bits per heavy atom. The minimum atomic E-state index is 0.0973. The summed E-state index contributed by atoms with van der Waals surface area (Å²) in [5, 5.41) is 3.23. The van der Waals surface area contributed by atoms with Crippen LogP contribution in [0.3, 0.4) is 0 Å². The predicted molar refractivity (Wildman–Crippen MR) is 70.0 cm³/mol. The topological polar surface area (TPSA) is 59.6 Å². The van der Waals surface area contributed by atoms with Gasteiger partial charge in [0.1, 0.15) is 0 Å². The average molecular weight is 239 g/mol. The lowest BCUT2D eigenvalue weighted by Gasteiger charge is -2.50. The first-order valence-corrected chi connectivity index (χ1v) is 6.65. The first-order valence-electron chi connectivity index (χ1n) is 6.65. The molecule has 0 amide bonds. The van der Waals surface area contributed by atoms with Gasteiger partial charge in [-0.2, -0.15) is 0 Å². The fourth-order valence-corrected chi connectivity index (χ4v) is 2.28. The summed E-state index contributed by atoms with van der Waals surface area (Å²) in [5.41, 5.74) is 5.99. The molecule has 0 aromatic heterocycles. The molecule has 0 saturated heterocycles. The van der Waals surface area contributed by atoms with Gasteiger partial charge in [-0.3, -0.25) is 0 Å². The largest absolute Gasteiger partial charge is 0.375 e. The number of nitrogens with zero attached hydrogens (tertiary/aromatic N) is 1. The maximum absolute atomic E-state index is 5.89. The SMILES string of the molecule is CC(C)OC1CC(N=C(N)NC2CC2)C1(C)C. The van der Waals surface area contributed by atoms with Crippen LogP contribution in [0.4, 0.5) is 0 Å². The Morgan fingerprint density at radius 2 is 2.06 bits per heavy atom. The van der Waals surface area contributed by atoms with Crippen molar-refractivity contribution in [2.75, 3.05) is 0 Å². The summed E-state index contributed by atoms with van der Waals surface area (Å²) in [4.78, 5) is 4.58. The fourth-order valence-electron chi connectivity index (χ4n) is 2.28. The monoisotopic (exact) mass is 239 g/mol. The van der Waals surface area contributed by atoms with Crippen LogP contribution in [-0.4, -0.2) is 30.3 Å². The van der Waals surface area contributed by atoms with Crippen LogP contribution in [0.25, 0.3) is 0 Å².